The summed E-state index contributed by atoms with van der Waals surface area (Å²) in [4.78, 5) is 9.60. The molecular weight excluding hydrogens is 386 g/mol. The van der Waals surface area contributed by atoms with Gasteiger partial charge >= 0.3 is 0 Å². The minimum atomic E-state index is 0.921. The molecule has 4 aromatic heterocycles. The number of aromatic nitrogens is 3. The van der Waals surface area contributed by atoms with Gasteiger partial charge in [0.25, 0.3) is 0 Å². The Bertz CT molecular complexity index is 1760. The monoisotopic (exact) mass is 401 g/mol. The highest BCUT2D eigenvalue weighted by Gasteiger charge is 2.19. The minimum Gasteiger partial charge on any atom is -0.291 e. The molecule has 0 bridgehead atoms. The van der Waals surface area contributed by atoms with Gasteiger partial charge in [0.15, 0.2) is 0 Å². The van der Waals surface area contributed by atoms with E-state index in [1.165, 1.54) is 31.1 Å². The zero-order chi connectivity index (χ0) is 19.7. The molecule has 30 heavy (non-hydrogen) atoms. The summed E-state index contributed by atoms with van der Waals surface area (Å²) >= 11 is 1.84. The van der Waals surface area contributed by atoms with Crippen LogP contribution in [-0.4, -0.2) is 14.5 Å². The number of thiophene rings is 1. The van der Waals surface area contributed by atoms with Crippen LogP contribution in [0, 0.1) is 0 Å². The van der Waals surface area contributed by atoms with Crippen molar-refractivity contribution in [2.75, 3.05) is 0 Å². The van der Waals surface area contributed by atoms with Gasteiger partial charge in [-0.3, -0.25) is 9.55 Å². The van der Waals surface area contributed by atoms with Gasteiger partial charge in [0.05, 0.1) is 16.6 Å². The lowest BCUT2D eigenvalue weighted by atomic mass is 10.1. The van der Waals surface area contributed by atoms with E-state index in [0.717, 1.165) is 27.6 Å². The quantitative estimate of drug-likeness (QED) is 0.294. The third kappa shape index (κ3) is 2.09. The molecule has 0 saturated heterocycles. The van der Waals surface area contributed by atoms with Crippen LogP contribution in [0.1, 0.15) is 0 Å². The highest BCUT2D eigenvalue weighted by atomic mass is 32.1. The molecule has 0 atom stereocenters. The van der Waals surface area contributed by atoms with Gasteiger partial charge in [-0.15, -0.1) is 11.3 Å². The van der Waals surface area contributed by atoms with E-state index < -0.39 is 0 Å². The van der Waals surface area contributed by atoms with Crippen LogP contribution in [0.5, 0.6) is 0 Å². The first-order valence-corrected chi connectivity index (χ1v) is 10.7. The molecule has 4 heterocycles. The Kier molecular flexibility index (Phi) is 3.15. The number of nitrogens with zero attached hydrogens (tertiary/aromatic N) is 3. The van der Waals surface area contributed by atoms with Crippen LogP contribution in [0.15, 0.2) is 91.3 Å². The van der Waals surface area contributed by atoms with Crippen LogP contribution in [0.2, 0.25) is 0 Å². The average molecular weight is 401 g/mol. The van der Waals surface area contributed by atoms with E-state index in [9.17, 15) is 0 Å². The molecular formula is C26H15N3S. The molecule has 4 heteroatoms. The molecule has 0 N–H and O–H groups in total. The number of fused-ring (bicyclic) bond motifs is 8. The van der Waals surface area contributed by atoms with Crippen molar-refractivity contribution in [3.63, 3.8) is 0 Å². The van der Waals surface area contributed by atoms with Crippen molar-refractivity contribution in [1.29, 1.82) is 0 Å². The Balaban J connectivity index is 1.74. The second-order valence-corrected chi connectivity index (χ2v) is 8.61. The van der Waals surface area contributed by atoms with Crippen molar-refractivity contribution in [1.82, 2.24) is 14.5 Å². The van der Waals surface area contributed by atoms with E-state index in [0.29, 0.717) is 0 Å². The molecule has 7 rings (SSSR count). The highest BCUT2D eigenvalue weighted by Crippen LogP contribution is 2.42. The zero-order valence-electron chi connectivity index (χ0n) is 15.9. The number of hydrogen-bond donors (Lipinski definition) is 0. The predicted molar refractivity (Wildman–Crippen MR) is 127 cm³/mol. The van der Waals surface area contributed by atoms with Crippen molar-refractivity contribution in [3.05, 3.63) is 91.3 Å². The minimum absolute atomic E-state index is 0.921. The summed E-state index contributed by atoms with van der Waals surface area (Å²) < 4.78 is 4.87. The van der Waals surface area contributed by atoms with Gasteiger partial charge < -0.3 is 0 Å². The SMILES string of the molecule is c1ccc2cc(-n3c4cccnc4c4ccc5sc6ccccc6c5c43)ncc2c1. The molecule has 3 aromatic carbocycles. The topological polar surface area (TPSA) is 30.7 Å². The predicted octanol–water partition coefficient (Wildman–Crippen LogP) is 7.09. The van der Waals surface area contributed by atoms with Crippen LogP contribution in [0.4, 0.5) is 0 Å². The first kappa shape index (κ1) is 16.1. The van der Waals surface area contributed by atoms with E-state index in [4.69, 9.17) is 9.97 Å². The maximum atomic E-state index is 4.86. The summed E-state index contributed by atoms with van der Waals surface area (Å²) in [6.07, 6.45) is 3.83. The normalized spacial score (nSPS) is 12.0. The smallest absolute Gasteiger partial charge is 0.138 e. The number of hydrogen-bond acceptors (Lipinski definition) is 3. The van der Waals surface area contributed by atoms with Gasteiger partial charge in [0.1, 0.15) is 5.82 Å². The Morgan fingerprint density at radius 1 is 0.700 bits per heavy atom. The Labute approximate surface area is 175 Å². The fraction of sp³-hybridized carbons (Fsp3) is 0. The molecule has 0 saturated carbocycles. The summed E-state index contributed by atoms with van der Waals surface area (Å²) in [5, 5.41) is 6.06. The lowest BCUT2D eigenvalue weighted by Crippen LogP contribution is -1.97. The molecule has 0 radical (unpaired) electrons. The number of rotatable bonds is 1. The Hall–Kier alpha value is -3.76. The fourth-order valence-electron chi connectivity index (χ4n) is 4.56. The molecule has 0 aliphatic carbocycles. The van der Waals surface area contributed by atoms with E-state index in [-0.39, 0.29) is 0 Å². The van der Waals surface area contributed by atoms with Crippen molar-refractivity contribution < 1.29 is 0 Å². The summed E-state index contributed by atoms with van der Waals surface area (Å²) in [5.74, 6) is 0.921. The fourth-order valence-corrected chi connectivity index (χ4v) is 5.67. The molecule has 0 aliphatic heterocycles. The van der Waals surface area contributed by atoms with E-state index in [1.54, 1.807) is 0 Å². The second kappa shape index (κ2) is 5.88. The third-order valence-electron chi connectivity index (χ3n) is 5.87. The second-order valence-electron chi connectivity index (χ2n) is 7.53. The van der Waals surface area contributed by atoms with Crippen LogP contribution >= 0.6 is 11.3 Å². The van der Waals surface area contributed by atoms with Crippen molar-refractivity contribution in [3.8, 4) is 5.82 Å². The van der Waals surface area contributed by atoms with E-state index in [1.807, 2.05) is 29.8 Å². The van der Waals surface area contributed by atoms with Gasteiger partial charge in [0.2, 0.25) is 0 Å². The number of benzene rings is 3. The Morgan fingerprint density at radius 2 is 1.57 bits per heavy atom. The van der Waals surface area contributed by atoms with Gasteiger partial charge in [-0.25, -0.2) is 4.98 Å². The van der Waals surface area contributed by atoms with Gasteiger partial charge in [0, 0.05) is 43.3 Å². The standard InChI is InChI=1S/C26H15N3S/c1-2-7-17-15-28-23(14-16(17)6-1)29-20-9-5-13-27-25(20)19-11-12-22-24(26(19)29)18-8-3-4-10-21(18)30-22/h1-15H. The van der Waals surface area contributed by atoms with Crippen LogP contribution < -0.4 is 0 Å². The van der Waals surface area contributed by atoms with Gasteiger partial charge in [-0.05, 0) is 41.8 Å². The maximum absolute atomic E-state index is 4.86. The maximum Gasteiger partial charge on any atom is 0.138 e. The lowest BCUT2D eigenvalue weighted by molar-refractivity contribution is 1.09. The molecule has 0 unspecified atom stereocenters. The van der Waals surface area contributed by atoms with Crippen molar-refractivity contribution in [2.24, 2.45) is 0 Å². The number of pyridine rings is 2. The van der Waals surface area contributed by atoms with Gasteiger partial charge in [-0.2, -0.15) is 0 Å². The first-order chi connectivity index (χ1) is 14.9. The largest absolute Gasteiger partial charge is 0.291 e. The zero-order valence-corrected chi connectivity index (χ0v) is 16.7. The highest BCUT2D eigenvalue weighted by molar-refractivity contribution is 7.26. The molecule has 0 spiro atoms. The van der Waals surface area contributed by atoms with E-state index in [2.05, 4.69) is 77.4 Å². The summed E-state index contributed by atoms with van der Waals surface area (Å²) in [5.41, 5.74) is 3.28. The van der Waals surface area contributed by atoms with Crippen LogP contribution in [0.3, 0.4) is 0 Å². The van der Waals surface area contributed by atoms with E-state index >= 15 is 0 Å². The summed E-state index contributed by atoms with van der Waals surface area (Å²) in [6, 6.07) is 27.8. The molecule has 0 fully saturated rings. The molecule has 7 aromatic rings. The van der Waals surface area contributed by atoms with Crippen molar-refractivity contribution in [2.45, 2.75) is 0 Å². The van der Waals surface area contributed by atoms with Gasteiger partial charge in [-0.1, -0.05) is 42.5 Å². The lowest BCUT2D eigenvalue weighted by Gasteiger charge is -2.09. The molecule has 140 valence electrons. The molecule has 0 aliphatic rings. The average Bonchev–Trinajstić information content (AvgIpc) is 3.34. The van der Waals surface area contributed by atoms with Crippen LogP contribution in [-0.2, 0) is 0 Å². The summed E-state index contributed by atoms with van der Waals surface area (Å²) in [7, 11) is 0. The first-order valence-electron chi connectivity index (χ1n) is 9.93. The van der Waals surface area contributed by atoms with Crippen LogP contribution in [0.25, 0.3) is 58.7 Å². The molecule has 0 amide bonds. The van der Waals surface area contributed by atoms with Crippen molar-refractivity contribution >= 4 is 64.2 Å². The summed E-state index contributed by atoms with van der Waals surface area (Å²) in [6.45, 7) is 0. The Morgan fingerprint density at radius 3 is 2.53 bits per heavy atom. The third-order valence-corrected chi connectivity index (χ3v) is 7.00. The molecule has 3 nitrogen and oxygen atoms in total.